The van der Waals surface area contributed by atoms with Crippen molar-refractivity contribution in [3.8, 4) is 0 Å². The second-order valence-electron chi connectivity index (χ2n) is 7.16. The Kier molecular flexibility index (Phi) is 8.62. The first-order valence-corrected chi connectivity index (χ1v) is 10.2. The van der Waals surface area contributed by atoms with Gasteiger partial charge in [0.05, 0.1) is 23.6 Å². The number of pyridine rings is 1. The molecule has 2 rings (SSSR count). The molecular formula is C23H30F3N5. The molecule has 1 N–H and O–H groups in total. The van der Waals surface area contributed by atoms with Gasteiger partial charge in [-0.15, -0.1) is 0 Å². The molecule has 0 bridgehead atoms. The molecule has 1 aromatic carbocycles. The summed E-state index contributed by atoms with van der Waals surface area (Å²) in [5.74, 6) is 0.270. The normalized spacial score (nSPS) is 12.8. The van der Waals surface area contributed by atoms with Gasteiger partial charge in [-0.2, -0.15) is 18.3 Å². The van der Waals surface area contributed by atoms with Crippen LogP contribution in [0.1, 0.15) is 37.8 Å². The van der Waals surface area contributed by atoms with Gasteiger partial charge in [-0.25, -0.2) is 4.98 Å². The van der Waals surface area contributed by atoms with Gasteiger partial charge < -0.3 is 10.2 Å². The lowest BCUT2D eigenvalue weighted by Crippen LogP contribution is -2.29. The van der Waals surface area contributed by atoms with Crippen LogP contribution in [-0.4, -0.2) is 44.7 Å². The van der Waals surface area contributed by atoms with Crippen LogP contribution >= 0.6 is 0 Å². The van der Waals surface area contributed by atoms with Crippen molar-refractivity contribution in [3.63, 3.8) is 0 Å². The minimum absolute atomic E-state index is 0.0536. The van der Waals surface area contributed by atoms with E-state index in [1.54, 1.807) is 43.2 Å². The van der Waals surface area contributed by atoms with E-state index in [-0.39, 0.29) is 17.8 Å². The number of aromatic nitrogens is 1. The molecule has 0 unspecified atom stereocenters. The Morgan fingerprint density at radius 1 is 1.16 bits per heavy atom. The van der Waals surface area contributed by atoms with Crippen molar-refractivity contribution in [2.45, 2.75) is 32.9 Å². The minimum Gasteiger partial charge on any atom is -0.362 e. The third kappa shape index (κ3) is 6.30. The predicted octanol–water partition coefficient (Wildman–Crippen LogP) is 5.30. The van der Waals surface area contributed by atoms with Gasteiger partial charge in [0.1, 0.15) is 5.82 Å². The predicted molar refractivity (Wildman–Crippen MR) is 123 cm³/mol. The number of para-hydroxylation sites is 1. The Hall–Kier alpha value is -2.87. The molecule has 0 saturated carbocycles. The summed E-state index contributed by atoms with van der Waals surface area (Å²) in [4.78, 5) is 5.95. The Labute approximate surface area is 182 Å². The Balaban J connectivity index is 2.62. The topological polar surface area (TPSA) is 43.8 Å². The molecule has 0 aliphatic heterocycles. The fourth-order valence-electron chi connectivity index (χ4n) is 3.16. The van der Waals surface area contributed by atoms with E-state index in [2.05, 4.69) is 10.3 Å². The number of hydrogen-bond donors (Lipinski definition) is 1. The molecule has 0 aliphatic rings. The van der Waals surface area contributed by atoms with E-state index in [0.717, 1.165) is 5.69 Å². The molecule has 0 atom stereocenters. The maximum Gasteiger partial charge on any atom is 0.416 e. The van der Waals surface area contributed by atoms with Crippen LogP contribution < -0.4 is 15.2 Å². The van der Waals surface area contributed by atoms with Gasteiger partial charge in [0.2, 0.25) is 0 Å². The van der Waals surface area contributed by atoms with Crippen molar-refractivity contribution >= 4 is 22.8 Å². The lowest BCUT2D eigenvalue weighted by molar-refractivity contribution is -0.0690. The van der Waals surface area contributed by atoms with Gasteiger partial charge in [0, 0.05) is 31.4 Å². The average molecular weight is 434 g/mol. The molecule has 1 heterocycles. The molecule has 0 aliphatic carbocycles. The molecule has 5 nitrogen and oxygen atoms in total. The van der Waals surface area contributed by atoms with Crippen molar-refractivity contribution < 1.29 is 13.2 Å². The molecule has 0 fully saturated rings. The largest absolute Gasteiger partial charge is 0.416 e. The first-order valence-electron chi connectivity index (χ1n) is 10.2. The number of nitrogens with one attached hydrogen (secondary N) is 1. The highest BCUT2D eigenvalue weighted by Gasteiger charge is 2.36. The molecule has 0 saturated heterocycles. The zero-order valence-electron chi connectivity index (χ0n) is 18.7. The highest BCUT2D eigenvalue weighted by atomic mass is 19.4. The smallest absolute Gasteiger partial charge is 0.362 e. The Morgan fingerprint density at radius 2 is 1.84 bits per heavy atom. The number of hydrazone groups is 1. The van der Waals surface area contributed by atoms with Crippen LogP contribution in [0.15, 0.2) is 53.8 Å². The van der Waals surface area contributed by atoms with Crippen molar-refractivity contribution in [3.05, 3.63) is 59.8 Å². The van der Waals surface area contributed by atoms with Crippen LogP contribution in [0.25, 0.3) is 5.57 Å². The van der Waals surface area contributed by atoms with E-state index in [0.29, 0.717) is 24.4 Å². The summed E-state index contributed by atoms with van der Waals surface area (Å²) in [7, 11) is 5.18. The second-order valence-corrected chi connectivity index (χ2v) is 7.16. The molecule has 31 heavy (non-hydrogen) atoms. The summed E-state index contributed by atoms with van der Waals surface area (Å²) in [6, 6.07) is 11.1. The van der Waals surface area contributed by atoms with Crippen LogP contribution in [0.4, 0.5) is 24.7 Å². The van der Waals surface area contributed by atoms with Crippen LogP contribution in [0.2, 0.25) is 0 Å². The Morgan fingerprint density at radius 3 is 2.35 bits per heavy atom. The summed E-state index contributed by atoms with van der Waals surface area (Å²) < 4.78 is 41.5. The SMILES string of the molecule is CC/C=C(/c1cc(/C(CC)=N/N(CNC)c2ccccc2)cnc1N(C)C)C(F)(F)F. The van der Waals surface area contributed by atoms with Crippen LogP contribution in [0.3, 0.4) is 0 Å². The third-order valence-corrected chi connectivity index (χ3v) is 4.57. The monoisotopic (exact) mass is 433 g/mol. The quantitative estimate of drug-likeness (QED) is 0.331. The summed E-state index contributed by atoms with van der Waals surface area (Å²) in [5, 5.41) is 9.60. The Bertz CT molecular complexity index is 905. The summed E-state index contributed by atoms with van der Waals surface area (Å²) in [5.41, 5.74) is 1.46. The lowest BCUT2D eigenvalue weighted by atomic mass is 10.0. The fourth-order valence-corrected chi connectivity index (χ4v) is 3.16. The number of benzene rings is 1. The van der Waals surface area contributed by atoms with Gasteiger partial charge in [-0.3, -0.25) is 5.01 Å². The summed E-state index contributed by atoms with van der Waals surface area (Å²) in [6.45, 7) is 4.06. The number of nitrogens with zero attached hydrogens (tertiary/aromatic N) is 4. The third-order valence-electron chi connectivity index (χ3n) is 4.57. The first-order chi connectivity index (χ1) is 14.7. The first kappa shape index (κ1) is 24.4. The zero-order valence-corrected chi connectivity index (χ0v) is 18.7. The van der Waals surface area contributed by atoms with Crippen molar-refractivity contribution in [2.75, 3.05) is 37.7 Å². The number of allylic oxidation sites excluding steroid dienone is 2. The second kappa shape index (κ2) is 10.9. The van der Waals surface area contributed by atoms with Crippen LogP contribution in [-0.2, 0) is 0 Å². The number of anilines is 2. The van der Waals surface area contributed by atoms with E-state index in [1.807, 2.05) is 44.3 Å². The molecule has 2 aromatic rings. The van der Waals surface area contributed by atoms with E-state index in [9.17, 15) is 13.2 Å². The van der Waals surface area contributed by atoms with E-state index in [4.69, 9.17) is 5.10 Å². The highest BCUT2D eigenvalue weighted by Crippen LogP contribution is 2.38. The minimum atomic E-state index is -4.48. The van der Waals surface area contributed by atoms with Crippen molar-refractivity contribution in [1.29, 1.82) is 0 Å². The molecule has 8 heteroatoms. The molecular weight excluding hydrogens is 403 g/mol. The van der Waals surface area contributed by atoms with Gasteiger partial charge in [0.15, 0.2) is 0 Å². The fraction of sp³-hybridized carbons (Fsp3) is 0.391. The van der Waals surface area contributed by atoms with Gasteiger partial charge >= 0.3 is 6.18 Å². The zero-order chi connectivity index (χ0) is 23.0. The maximum absolute atomic E-state index is 13.8. The van der Waals surface area contributed by atoms with Crippen molar-refractivity contribution in [2.24, 2.45) is 5.10 Å². The van der Waals surface area contributed by atoms with E-state index >= 15 is 0 Å². The van der Waals surface area contributed by atoms with Crippen LogP contribution in [0.5, 0.6) is 0 Å². The van der Waals surface area contributed by atoms with Gasteiger partial charge in [0.25, 0.3) is 0 Å². The molecule has 168 valence electrons. The summed E-state index contributed by atoms with van der Waals surface area (Å²) in [6.07, 6.45) is -0.886. The van der Waals surface area contributed by atoms with Gasteiger partial charge in [-0.05, 0) is 38.1 Å². The molecule has 0 spiro atoms. The highest BCUT2D eigenvalue weighted by molar-refractivity contribution is 6.01. The summed E-state index contributed by atoms with van der Waals surface area (Å²) >= 11 is 0. The van der Waals surface area contributed by atoms with Crippen LogP contribution in [0, 0.1) is 0 Å². The number of alkyl halides is 3. The van der Waals surface area contributed by atoms with Gasteiger partial charge in [-0.1, -0.05) is 38.1 Å². The standard InChI is InChI=1S/C23H30F3N5/c1-6-11-20(23(24,25)26)19-14-17(15-28-22(19)30(4)5)21(7-2)29-31(16-27-3)18-12-9-8-10-13-18/h8-15,27H,6-7,16H2,1-5H3/b20-11-,29-21+. The number of halogens is 3. The van der Waals surface area contributed by atoms with E-state index in [1.165, 1.54) is 6.08 Å². The molecule has 0 radical (unpaired) electrons. The average Bonchev–Trinajstić information content (AvgIpc) is 2.74. The van der Waals surface area contributed by atoms with Crippen molar-refractivity contribution in [1.82, 2.24) is 10.3 Å². The number of hydrogen-bond acceptors (Lipinski definition) is 5. The lowest BCUT2D eigenvalue weighted by Gasteiger charge is -2.23. The van der Waals surface area contributed by atoms with E-state index < -0.39 is 11.7 Å². The molecule has 0 amide bonds. The molecule has 1 aromatic heterocycles. The number of rotatable bonds is 9. The maximum atomic E-state index is 13.8.